The number of ether oxygens (including phenoxy) is 1. The van der Waals surface area contributed by atoms with Crippen LogP contribution < -0.4 is 15.4 Å². The molecule has 0 unspecified atom stereocenters. The van der Waals surface area contributed by atoms with Crippen LogP contribution in [-0.2, 0) is 6.61 Å². The molecule has 0 aliphatic carbocycles. The maximum atomic E-state index is 8.88. The van der Waals surface area contributed by atoms with Crippen LogP contribution in [0.2, 0.25) is 10.0 Å². The number of hydrogen-bond donors (Lipinski definition) is 3. The summed E-state index contributed by atoms with van der Waals surface area (Å²) < 4.78 is 5.94. The monoisotopic (exact) mass is 577 g/mol. The third kappa shape index (κ3) is 5.61. The van der Waals surface area contributed by atoms with E-state index in [2.05, 4.69) is 31.9 Å². The summed E-state index contributed by atoms with van der Waals surface area (Å²) in [5.74, 6) is 1.00. The van der Waals surface area contributed by atoms with Gasteiger partial charge in [-0.2, -0.15) is 0 Å². The Morgan fingerprint density at radius 3 is 2.50 bits per heavy atom. The number of benzene rings is 2. The highest BCUT2D eigenvalue weighted by Gasteiger charge is 2.26. The van der Waals surface area contributed by atoms with Gasteiger partial charge in [0.2, 0.25) is 0 Å². The average Bonchev–Trinajstić information content (AvgIpc) is 3.41. The summed E-state index contributed by atoms with van der Waals surface area (Å²) in [6, 6.07) is 12.2. The van der Waals surface area contributed by atoms with Crippen LogP contribution in [0, 0.1) is 5.41 Å². The van der Waals surface area contributed by atoms with Crippen LogP contribution >= 0.6 is 23.2 Å². The summed E-state index contributed by atoms with van der Waals surface area (Å²) in [6.07, 6.45) is 9.52. The Hall–Kier alpha value is -3.33. The molecule has 0 radical (unpaired) electrons. The summed E-state index contributed by atoms with van der Waals surface area (Å²) in [6.45, 7) is 4.80. The minimum Gasteiger partial charge on any atom is -0.489 e. The second-order valence-electron chi connectivity index (χ2n) is 10.6. The number of halogens is 2. The van der Waals surface area contributed by atoms with Crippen molar-refractivity contribution in [1.29, 1.82) is 5.41 Å². The topological polar surface area (TPSA) is 107 Å². The molecular weight excluding hydrogens is 545 g/mol. The van der Waals surface area contributed by atoms with Gasteiger partial charge in [0.1, 0.15) is 18.1 Å². The molecule has 4 aromatic rings. The first-order chi connectivity index (χ1) is 19.5. The van der Waals surface area contributed by atoms with Crippen molar-refractivity contribution in [2.45, 2.75) is 44.8 Å². The summed E-state index contributed by atoms with van der Waals surface area (Å²) in [7, 11) is 0. The molecule has 4 heterocycles. The van der Waals surface area contributed by atoms with Crippen molar-refractivity contribution in [3.05, 3.63) is 75.8 Å². The number of likely N-dealkylation sites (tertiary alicyclic amines) is 1. The maximum Gasteiger partial charge on any atom is 0.157 e. The van der Waals surface area contributed by atoms with E-state index in [4.69, 9.17) is 44.1 Å². The zero-order valence-electron chi connectivity index (χ0n) is 22.3. The van der Waals surface area contributed by atoms with E-state index >= 15 is 0 Å². The fourth-order valence-electron chi connectivity index (χ4n) is 5.79. The Labute approximate surface area is 244 Å². The average molecular weight is 579 g/mol. The molecule has 2 saturated heterocycles. The van der Waals surface area contributed by atoms with Crippen LogP contribution in [0.5, 0.6) is 5.75 Å². The number of piperidine rings is 2. The first-order valence-corrected chi connectivity index (χ1v) is 14.6. The van der Waals surface area contributed by atoms with E-state index in [0.717, 1.165) is 24.1 Å². The number of aromatic nitrogens is 3. The van der Waals surface area contributed by atoms with Crippen molar-refractivity contribution in [3.63, 3.8) is 0 Å². The molecule has 0 spiro atoms. The number of nitrogens with zero attached hydrogens (tertiary/aromatic N) is 4. The number of aromatic amines is 1. The molecule has 40 heavy (non-hydrogen) atoms. The number of pyridine rings is 1. The number of nitrogens with two attached hydrogens (primary N) is 1. The van der Waals surface area contributed by atoms with Crippen LogP contribution in [0.4, 0.5) is 11.4 Å². The lowest BCUT2D eigenvalue weighted by Gasteiger charge is -2.41. The van der Waals surface area contributed by atoms with Gasteiger partial charge in [-0.25, -0.2) is 4.98 Å². The van der Waals surface area contributed by atoms with E-state index in [1.54, 1.807) is 18.2 Å². The third-order valence-corrected chi connectivity index (χ3v) is 8.72. The van der Waals surface area contributed by atoms with Gasteiger partial charge in [0.25, 0.3) is 0 Å². The van der Waals surface area contributed by atoms with Gasteiger partial charge in [0, 0.05) is 54.0 Å². The molecule has 2 aliphatic heterocycles. The molecule has 2 aliphatic rings. The molecule has 0 saturated carbocycles. The number of nitrogen functional groups attached to an aromatic ring is 1. The number of H-pyrrole nitrogens is 1. The van der Waals surface area contributed by atoms with Gasteiger partial charge >= 0.3 is 0 Å². The molecule has 8 nitrogen and oxygen atoms in total. The SMILES string of the molecule is N=C(c1nc2ccc(N3CCC(N4CCCCC4)CC3)cc2[nH]1)c1cc(OCc2c(Cl)cncc2Cl)ccc1N. The summed E-state index contributed by atoms with van der Waals surface area (Å²) in [5.41, 5.74) is 11.0. The molecule has 2 aromatic heterocycles. The van der Waals surface area contributed by atoms with Crippen molar-refractivity contribution >= 4 is 51.3 Å². The van der Waals surface area contributed by atoms with Gasteiger partial charge in [0.15, 0.2) is 5.82 Å². The second-order valence-corrected chi connectivity index (χ2v) is 11.4. The van der Waals surface area contributed by atoms with Crippen molar-refractivity contribution in [2.75, 3.05) is 36.8 Å². The number of nitrogens with one attached hydrogen (secondary N) is 2. The van der Waals surface area contributed by atoms with Crippen molar-refractivity contribution < 1.29 is 4.74 Å². The van der Waals surface area contributed by atoms with E-state index < -0.39 is 0 Å². The van der Waals surface area contributed by atoms with E-state index in [0.29, 0.717) is 44.5 Å². The van der Waals surface area contributed by atoms with E-state index in [-0.39, 0.29) is 12.3 Å². The highest BCUT2D eigenvalue weighted by Crippen LogP contribution is 2.29. The van der Waals surface area contributed by atoms with Crippen LogP contribution in [0.15, 0.2) is 48.8 Å². The molecule has 4 N–H and O–H groups in total. The lowest BCUT2D eigenvalue weighted by atomic mass is 9.99. The Morgan fingerprint density at radius 2 is 1.75 bits per heavy atom. The summed E-state index contributed by atoms with van der Waals surface area (Å²) in [5, 5.41) is 9.75. The highest BCUT2D eigenvalue weighted by atomic mass is 35.5. The van der Waals surface area contributed by atoms with Gasteiger partial charge < -0.3 is 25.3 Å². The molecule has 6 rings (SSSR count). The number of anilines is 2. The van der Waals surface area contributed by atoms with Gasteiger partial charge in [-0.05, 0) is 75.2 Å². The first-order valence-electron chi connectivity index (χ1n) is 13.8. The van der Waals surface area contributed by atoms with Crippen LogP contribution in [0.3, 0.4) is 0 Å². The standard InChI is InChI=1S/C30H33Cl2N7O/c31-24-16-35-17-25(32)23(24)18-40-21-5-6-26(33)22(15-21)29(34)30-36-27-7-4-20(14-28(27)37-30)39-12-8-19(9-13-39)38-10-2-1-3-11-38/h4-7,14-17,19,34H,1-3,8-13,18,33H2,(H,36,37). The zero-order chi connectivity index (χ0) is 27.6. The lowest BCUT2D eigenvalue weighted by Crippen LogP contribution is -2.46. The van der Waals surface area contributed by atoms with E-state index in [1.165, 1.54) is 63.3 Å². The summed E-state index contributed by atoms with van der Waals surface area (Å²) in [4.78, 5) is 17.2. The van der Waals surface area contributed by atoms with Gasteiger partial charge in [-0.3, -0.25) is 10.4 Å². The molecular formula is C30H33Cl2N7O. The van der Waals surface area contributed by atoms with Crippen LogP contribution in [0.1, 0.15) is 49.1 Å². The highest BCUT2D eigenvalue weighted by molar-refractivity contribution is 6.35. The number of rotatable bonds is 7. The summed E-state index contributed by atoms with van der Waals surface area (Å²) >= 11 is 12.4. The largest absolute Gasteiger partial charge is 0.489 e. The lowest BCUT2D eigenvalue weighted by molar-refractivity contribution is 0.141. The molecule has 10 heteroatoms. The van der Waals surface area contributed by atoms with E-state index in [1.807, 2.05) is 6.07 Å². The Morgan fingerprint density at radius 1 is 1.00 bits per heavy atom. The van der Waals surface area contributed by atoms with Gasteiger partial charge in [-0.1, -0.05) is 29.6 Å². The molecule has 2 aromatic carbocycles. The first kappa shape index (κ1) is 26.9. The number of hydrogen-bond acceptors (Lipinski definition) is 7. The normalized spacial score (nSPS) is 16.9. The number of imidazole rings is 1. The predicted octanol–water partition coefficient (Wildman–Crippen LogP) is 6.30. The molecule has 208 valence electrons. The molecule has 2 fully saturated rings. The molecule has 0 amide bonds. The predicted molar refractivity (Wildman–Crippen MR) is 162 cm³/mol. The van der Waals surface area contributed by atoms with Crippen molar-refractivity contribution in [2.24, 2.45) is 0 Å². The fourth-order valence-corrected chi connectivity index (χ4v) is 6.26. The molecule has 0 bridgehead atoms. The number of fused-ring (bicyclic) bond motifs is 1. The second kappa shape index (κ2) is 11.6. The van der Waals surface area contributed by atoms with Gasteiger partial charge in [-0.15, -0.1) is 0 Å². The molecule has 0 atom stereocenters. The van der Waals surface area contributed by atoms with Crippen LogP contribution in [0.25, 0.3) is 11.0 Å². The minimum absolute atomic E-state index is 0.166. The minimum atomic E-state index is 0.166. The Kier molecular flexibility index (Phi) is 7.82. The third-order valence-electron chi connectivity index (χ3n) is 8.07. The maximum absolute atomic E-state index is 8.88. The Bertz CT molecular complexity index is 1500. The Balaban J connectivity index is 1.15. The smallest absolute Gasteiger partial charge is 0.157 e. The zero-order valence-corrected chi connectivity index (χ0v) is 23.8. The van der Waals surface area contributed by atoms with Crippen molar-refractivity contribution in [3.8, 4) is 5.75 Å². The van der Waals surface area contributed by atoms with Crippen LogP contribution in [-0.4, -0.2) is 57.8 Å². The quantitative estimate of drug-likeness (QED) is 0.176. The van der Waals surface area contributed by atoms with Crippen molar-refractivity contribution in [1.82, 2.24) is 19.9 Å². The van der Waals surface area contributed by atoms with Gasteiger partial charge in [0.05, 0.1) is 21.1 Å². The fraction of sp³-hybridized carbons (Fsp3) is 0.367. The van der Waals surface area contributed by atoms with E-state index in [9.17, 15) is 0 Å².